The molecule has 2 fully saturated rings. The summed E-state index contributed by atoms with van der Waals surface area (Å²) in [6.07, 6.45) is 7.97. The predicted molar refractivity (Wildman–Crippen MR) is 147 cm³/mol. The molecule has 204 valence electrons. The number of ether oxygens (including phenoxy) is 1. The second-order valence-electron chi connectivity index (χ2n) is 10.8. The summed E-state index contributed by atoms with van der Waals surface area (Å²) in [6.45, 7) is 5.51. The van der Waals surface area contributed by atoms with E-state index in [-0.39, 0.29) is 36.8 Å². The first-order valence-corrected chi connectivity index (χ1v) is 13.7. The van der Waals surface area contributed by atoms with Crippen LogP contribution in [0, 0.1) is 12.8 Å². The third-order valence-corrected chi connectivity index (χ3v) is 7.74. The molecule has 3 aromatic rings. The molecule has 1 saturated carbocycles. The van der Waals surface area contributed by atoms with Crippen LogP contribution in [0.2, 0.25) is 0 Å². The van der Waals surface area contributed by atoms with Crippen molar-refractivity contribution in [2.45, 2.75) is 70.9 Å². The molecule has 5 rings (SSSR count). The van der Waals surface area contributed by atoms with E-state index < -0.39 is 11.5 Å². The van der Waals surface area contributed by atoms with E-state index in [1.54, 1.807) is 15.7 Å². The second-order valence-corrected chi connectivity index (χ2v) is 10.8. The molecule has 1 saturated heterocycles. The van der Waals surface area contributed by atoms with Crippen molar-refractivity contribution in [1.29, 1.82) is 0 Å². The van der Waals surface area contributed by atoms with Gasteiger partial charge in [-0.15, -0.1) is 0 Å². The van der Waals surface area contributed by atoms with Crippen LogP contribution in [-0.2, 0) is 19.1 Å². The summed E-state index contributed by atoms with van der Waals surface area (Å²) in [5.74, 6) is -1.13. The van der Waals surface area contributed by atoms with Gasteiger partial charge in [-0.1, -0.05) is 36.8 Å². The topological polar surface area (TPSA) is 106 Å². The van der Waals surface area contributed by atoms with Gasteiger partial charge in [0.15, 0.2) is 0 Å². The van der Waals surface area contributed by atoms with E-state index in [0.717, 1.165) is 36.2 Å². The van der Waals surface area contributed by atoms with Crippen LogP contribution in [0.25, 0.3) is 16.9 Å². The Morgan fingerprint density at radius 3 is 2.54 bits per heavy atom. The monoisotopic (exact) mass is 529 g/mol. The van der Waals surface area contributed by atoms with Gasteiger partial charge < -0.3 is 9.64 Å². The number of aryl methyl sites for hydroxylation is 1. The molecule has 2 aliphatic rings. The van der Waals surface area contributed by atoms with Crippen molar-refractivity contribution in [2.75, 3.05) is 11.9 Å². The number of amides is 2. The van der Waals surface area contributed by atoms with Gasteiger partial charge in [-0.2, -0.15) is 0 Å². The van der Waals surface area contributed by atoms with E-state index in [1.165, 1.54) is 0 Å². The molecule has 9 heteroatoms. The highest BCUT2D eigenvalue weighted by atomic mass is 16.6. The Bertz CT molecular complexity index is 1340. The number of aromatic nitrogens is 3. The summed E-state index contributed by atoms with van der Waals surface area (Å²) in [6, 6.07) is 13.3. The van der Waals surface area contributed by atoms with Crippen molar-refractivity contribution in [3.8, 4) is 16.9 Å². The Hall–Kier alpha value is -4.01. The van der Waals surface area contributed by atoms with Gasteiger partial charge in [0.1, 0.15) is 12.1 Å². The molecule has 3 heterocycles. The first-order chi connectivity index (χ1) is 18.8. The van der Waals surface area contributed by atoms with Gasteiger partial charge in [0, 0.05) is 23.5 Å². The highest BCUT2D eigenvalue weighted by Crippen LogP contribution is 2.45. The zero-order valence-corrected chi connectivity index (χ0v) is 22.7. The number of imidazole rings is 1. The van der Waals surface area contributed by atoms with Crippen LogP contribution in [-0.4, -0.2) is 55.4 Å². The SMILES string of the molecule is Cc1ccc(-n2cc(-c3ccccc3)nc2NC(=O)CN(C(=O)C2CC(=O)OC23CCCCC3)C(C)C)cn1. The van der Waals surface area contributed by atoms with Crippen LogP contribution in [0.5, 0.6) is 0 Å². The summed E-state index contributed by atoms with van der Waals surface area (Å²) < 4.78 is 7.55. The van der Waals surface area contributed by atoms with E-state index in [9.17, 15) is 14.4 Å². The highest BCUT2D eigenvalue weighted by molar-refractivity contribution is 5.95. The Morgan fingerprint density at radius 2 is 1.87 bits per heavy atom. The lowest BCUT2D eigenvalue weighted by Gasteiger charge is -2.38. The zero-order valence-electron chi connectivity index (χ0n) is 22.7. The van der Waals surface area contributed by atoms with Crippen molar-refractivity contribution in [3.05, 3.63) is 60.6 Å². The third-order valence-electron chi connectivity index (χ3n) is 7.74. The number of carbonyl (C=O) groups is 3. The molecule has 39 heavy (non-hydrogen) atoms. The molecular formula is C30H35N5O4. The maximum absolute atomic E-state index is 13.8. The highest BCUT2D eigenvalue weighted by Gasteiger charge is 2.54. The lowest BCUT2D eigenvalue weighted by atomic mass is 9.75. The second kappa shape index (κ2) is 11.0. The minimum Gasteiger partial charge on any atom is -0.458 e. The fraction of sp³-hybridized carbons (Fsp3) is 0.433. The van der Waals surface area contributed by atoms with Gasteiger partial charge in [-0.3, -0.25) is 29.3 Å². The average Bonchev–Trinajstić information content (AvgIpc) is 3.48. The Labute approximate surface area is 228 Å². The first kappa shape index (κ1) is 26.6. The molecular weight excluding hydrogens is 494 g/mol. The molecule has 0 bridgehead atoms. The summed E-state index contributed by atoms with van der Waals surface area (Å²) in [7, 11) is 0. The van der Waals surface area contributed by atoms with E-state index in [0.29, 0.717) is 24.5 Å². The minimum absolute atomic E-state index is 0.0644. The smallest absolute Gasteiger partial charge is 0.307 e. The van der Waals surface area contributed by atoms with Crippen molar-refractivity contribution < 1.29 is 19.1 Å². The molecule has 1 unspecified atom stereocenters. The number of hydrogen-bond acceptors (Lipinski definition) is 6. The van der Waals surface area contributed by atoms with E-state index in [2.05, 4.69) is 10.3 Å². The lowest BCUT2D eigenvalue weighted by Crippen LogP contribution is -2.51. The Balaban J connectivity index is 1.39. The quantitative estimate of drug-likeness (QED) is 0.445. The predicted octanol–water partition coefficient (Wildman–Crippen LogP) is 4.68. The number of nitrogens with zero attached hydrogens (tertiary/aromatic N) is 4. The molecule has 9 nitrogen and oxygen atoms in total. The molecule has 1 aromatic carbocycles. The summed E-state index contributed by atoms with van der Waals surface area (Å²) in [5, 5.41) is 2.92. The molecule has 1 spiro atoms. The van der Waals surface area contributed by atoms with E-state index in [4.69, 9.17) is 9.72 Å². The molecule has 2 amide bonds. The summed E-state index contributed by atoms with van der Waals surface area (Å²) in [4.78, 5) is 50.1. The van der Waals surface area contributed by atoms with Crippen molar-refractivity contribution in [2.24, 2.45) is 5.92 Å². The largest absolute Gasteiger partial charge is 0.458 e. The van der Waals surface area contributed by atoms with Gasteiger partial charge in [-0.25, -0.2) is 4.98 Å². The minimum atomic E-state index is -0.741. The number of carbonyl (C=O) groups excluding carboxylic acids is 3. The third kappa shape index (κ3) is 5.57. The molecule has 1 aliphatic carbocycles. The van der Waals surface area contributed by atoms with E-state index >= 15 is 0 Å². The maximum Gasteiger partial charge on any atom is 0.307 e. The average molecular weight is 530 g/mol. The number of nitrogens with one attached hydrogen (secondary N) is 1. The fourth-order valence-electron chi connectivity index (χ4n) is 5.66. The van der Waals surface area contributed by atoms with Gasteiger partial charge in [0.25, 0.3) is 0 Å². The number of rotatable bonds is 7. The van der Waals surface area contributed by atoms with E-state index in [1.807, 2.05) is 69.4 Å². The van der Waals surface area contributed by atoms with Crippen LogP contribution in [0.1, 0.15) is 58.1 Å². The van der Waals surface area contributed by atoms with Crippen LogP contribution in [0.3, 0.4) is 0 Å². The Morgan fingerprint density at radius 1 is 1.13 bits per heavy atom. The number of pyridine rings is 1. The van der Waals surface area contributed by atoms with Gasteiger partial charge in [0.2, 0.25) is 17.8 Å². The Kier molecular flexibility index (Phi) is 7.50. The van der Waals surface area contributed by atoms with Gasteiger partial charge in [-0.05, 0) is 58.6 Å². The summed E-state index contributed by atoms with van der Waals surface area (Å²) in [5.41, 5.74) is 2.50. The molecule has 1 aliphatic heterocycles. The van der Waals surface area contributed by atoms with Gasteiger partial charge >= 0.3 is 5.97 Å². The number of anilines is 1. The number of benzene rings is 1. The fourth-order valence-corrected chi connectivity index (χ4v) is 5.66. The van der Waals surface area contributed by atoms with Crippen molar-refractivity contribution in [3.63, 3.8) is 0 Å². The van der Waals surface area contributed by atoms with Crippen LogP contribution < -0.4 is 5.32 Å². The normalized spacial score (nSPS) is 18.3. The van der Waals surface area contributed by atoms with Crippen molar-refractivity contribution in [1.82, 2.24) is 19.4 Å². The molecule has 1 atom stereocenters. The number of esters is 1. The van der Waals surface area contributed by atoms with Gasteiger partial charge in [0.05, 0.1) is 29.9 Å². The maximum atomic E-state index is 13.8. The molecule has 1 N–H and O–H groups in total. The van der Waals surface area contributed by atoms with Crippen LogP contribution in [0.15, 0.2) is 54.9 Å². The first-order valence-electron chi connectivity index (χ1n) is 13.7. The van der Waals surface area contributed by atoms with Crippen LogP contribution >= 0.6 is 0 Å². The number of hydrogen-bond donors (Lipinski definition) is 1. The molecule has 2 aromatic heterocycles. The molecule has 0 radical (unpaired) electrons. The summed E-state index contributed by atoms with van der Waals surface area (Å²) >= 11 is 0. The standard InChI is InChI=1S/C30H35N5O4/c1-20(2)34(28(38)24-16-27(37)39-30(24)14-8-5-9-15-30)19-26(36)33-29-32-25(22-10-6-4-7-11-22)18-35(29)23-13-12-21(3)31-17-23/h4,6-7,10-13,17-18,20,24H,5,8-9,14-16,19H2,1-3H3,(H,32,33,36). The van der Waals surface area contributed by atoms with Crippen molar-refractivity contribution >= 4 is 23.7 Å². The van der Waals surface area contributed by atoms with Crippen LogP contribution in [0.4, 0.5) is 5.95 Å². The zero-order chi connectivity index (χ0) is 27.6. The lowest BCUT2D eigenvalue weighted by molar-refractivity contribution is -0.156.